The Morgan fingerprint density at radius 2 is 2.11 bits per heavy atom. The fourth-order valence-corrected chi connectivity index (χ4v) is 3.24. The van der Waals surface area contributed by atoms with Gasteiger partial charge in [0.15, 0.2) is 0 Å². The molecule has 3 unspecified atom stereocenters. The second kappa shape index (κ2) is 7.03. The Hall–Kier alpha value is -0.910. The number of carbonyl (C=O) groups excluding carboxylic acids is 1. The minimum absolute atomic E-state index is 0.0322. The number of aliphatic carboxylic acids is 1. The van der Waals surface area contributed by atoms with Crippen molar-refractivity contribution in [1.82, 2.24) is 9.80 Å². The molecule has 1 saturated heterocycles. The summed E-state index contributed by atoms with van der Waals surface area (Å²) in [6.07, 6.45) is 0. The highest BCUT2D eigenvalue weighted by Gasteiger charge is 2.32. The van der Waals surface area contributed by atoms with Gasteiger partial charge in [0, 0.05) is 36.7 Å². The molecular formula is C13H24N2O3S. The van der Waals surface area contributed by atoms with Gasteiger partial charge in [-0.2, -0.15) is 11.8 Å². The van der Waals surface area contributed by atoms with Crippen molar-refractivity contribution < 1.29 is 14.7 Å². The van der Waals surface area contributed by atoms with Crippen LogP contribution in [0.25, 0.3) is 0 Å². The summed E-state index contributed by atoms with van der Waals surface area (Å²) < 4.78 is 0. The molecule has 110 valence electrons. The molecule has 19 heavy (non-hydrogen) atoms. The first-order valence-corrected chi connectivity index (χ1v) is 7.83. The highest BCUT2D eigenvalue weighted by molar-refractivity contribution is 8.00. The van der Waals surface area contributed by atoms with Gasteiger partial charge in [0.05, 0.1) is 5.92 Å². The molecule has 1 heterocycles. The maximum Gasteiger partial charge on any atom is 0.320 e. The van der Waals surface area contributed by atoms with Crippen LogP contribution in [-0.2, 0) is 4.79 Å². The van der Waals surface area contributed by atoms with Crippen molar-refractivity contribution in [1.29, 1.82) is 0 Å². The number of rotatable bonds is 4. The van der Waals surface area contributed by atoms with E-state index in [0.717, 1.165) is 12.3 Å². The van der Waals surface area contributed by atoms with Gasteiger partial charge in [-0.25, -0.2) is 4.79 Å². The predicted octanol–water partition coefficient (Wildman–Crippen LogP) is 1.97. The van der Waals surface area contributed by atoms with E-state index in [4.69, 9.17) is 5.11 Å². The van der Waals surface area contributed by atoms with E-state index in [0.29, 0.717) is 11.8 Å². The van der Waals surface area contributed by atoms with Crippen molar-refractivity contribution in [3.05, 3.63) is 0 Å². The Labute approximate surface area is 119 Å². The minimum atomic E-state index is -0.859. The van der Waals surface area contributed by atoms with Gasteiger partial charge in [-0.1, -0.05) is 13.8 Å². The summed E-state index contributed by atoms with van der Waals surface area (Å²) in [5.41, 5.74) is 0. The van der Waals surface area contributed by atoms with Crippen LogP contribution in [0.3, 0.4) is 0 Å². The van der Waals surface area contributed by atoms with Crippen LogP contribution in [0, 0.1) is 5.92 Å². The van der Waals surface area contributed by atoms with Crippen LogP contribution in [0.15, 0.2) is 0 Å². The molecular weight excluding hydrogens is 264 g/mol. The molecule has 0 aliphatic carbocycles. The number of hydrogen-bond donors (Lipinski definition) is 1. The largest absolute Gasteiger partial charge is 0.481 e. The number of urea groups is 1. The van der Waals surface area contributed by atoms with Gasteiger partial charge in [0.2, 0.25) is 0 Å². The van der Waals surface area contributed by atoms with Gasteiger partial charge >= 0.3 is 12.0 Å². The molecule has 0 spiro atoms. The third-order valence-electron chi connectivity index (χ3n) is 3.70. The fourth-order valence-electron chi connectivity index (χ4n) is 2.14. The Morgan fingerprint density at radius 3 is 2.63 bits per heavy atom. The van der Waals surface area contributed by atoms with Gasteiger partial charge in [-0.15, -0.1) is 0 Å². The highest BCUT2D eigenvalue weighted by atomic mass is 32.2. The molecule has 6 heteroatoms. The van der Waals surface area contributed by atoms with Crippen LogP contribution in [-0.4, -0.2) is 63.6 Å². The van der Waals surface area contributed by atoms with E-state index >= 15 is 0 Å². The number of thioether (sulfide) groups is 1. The first-order chi connectivity index (χ1) is 8.88. The van der Waals surface area contributed by atoms with Crippen molar-refractivity contribution in [3.8, 4) is 0 Å². The average Bonchev–Trinajstić information content (AvgIpc) is 2.38. The normalized spacial score (nSPS) is 24.9. The summed E-state index contributed by atoms with van der Waals surface area (Å²) in [5, 5.41) is 9.38. The van der Waals surface area contributed by atoms with Gasteiger partial charge in [-0.05, 0) is 13.8 Å². The van der Waals surface area contributed by atoms with Crippen LogP contribution < -0.4 is 0 Å². The quantitative estimate of drug-likeness (QED) is 0.859. The Morgan fingerprint density at radius 1 is 1.47 bits per heavy atom. The first-order valence-electron chi connectivity index (χ1n) is 6.78. The van der Waals surface area contributed by atoms with Gasteiger partial charge in [-0.3, -0.25) is 4.79 Å². The lowest BCUT2D eigenvalue weighted by atomic mass is 10.1. The topological polar surface area (TPSA) is 60.9 Å². The van der Waals surface area contributed by atoms with E-state index in [-0.39, 0.29) is 18.6 Å². The number of hydrogen-bond acceptors (Lipinski definition) is 3. The lowest BCUT2D eigenvalue weighted by Crippen LogP contribution is -2.54. The van der Waals surface area contributed by atoms with Crippen molar-refractivity contribution in [2.24, 2.45) is 5.92 Å². The van der Waals surface area contributed by atoms with Crippen LogP contribution in [0.4, 0.5) is 4.79 Å². The zero-order valence-corrected chi connectivity index (χ0v) is 12.9. The predicted molar refractivity (Wildman–Crippen MR) is 77.5 cm³/mol. The third-order valence-corrected chi connectivity index (χ3v) is 5.04. The van der Waals surface area contributed by atoms with Gasteiger partial charge in [0.1, 0.15) is 0 Å². The summed E-state index contributed by atoms with van der Waals surface area (Å²) in [6, 6.07) is 0.163. The van der Waals surface area contributed by atoms with Crippen molar-refractivity contribution >= 4 is 23.8 Å². The summed E-state index contributed by atoms with van der Waals surface area (Å²) in [7, 11) is 0. The molecule has 0 bridgehead atoms. The highest BCUT2D eigenvalue weighted by Crippen LogP contribution is 2.25. The molecule has 0 saturated carbocycles. The molecule has 1 aliphatic rings. The van der Waals surface area contributed by atoms with E-state index in [9.17, 15) is 9.59 Å². The zero-order chi connectivity index (χ0) is 14.6. The van der Waals surface area contributed by atoms with E-state index in [2.05, 4.69) is 13.8 Å². The first kappa shape index (κ1) is 16.1. The fraction of sp³-hybridized carbons (Fsp3) is 0.846. The number of amides is 2. The molecule has 1 aliphatic heterocycles. The third kappa shape index (κ3) is 4.03. The Balaban J connectivity index is 2.69. The lowest BCUT2D eigenvalue weighted by Gasteiger charge is -2.40. The maximum absolute atomic E-state index is 12.5. The molecule has 0 aromatic rings. The zero-order valence-electron chi connectivity index (χ0n) is 12.1. The Kier molecular flexibility index (Phi) is 5.97. The maximum atomic E-state index is 12.5. The van der Waals surface area contributed by atoms with E-state index in [1.54, 1.807) is 11.8 Å². The number of carbonyl (C=O) groups is 2. The van der Waals surface area contributed by atoms with Crippen molar-refractivity contribution in [3.63, 3.8) is 0 Å². The van der Waals surface area contributed by atoms with Crippen LogP contribution in [0.5, 0.6) is 0 Å². The Bertz CT molecular complexity index is 338. The molecule has 5 nitrogen and oxygen atoms in total. The standard InChI is InChI=1S/C13H24N2O3S/c1-5-14(8-9(2)12(16)17)13(18)15-6-7-19-11(4)10(15)3/h9-11H,5-8H2,1-4H3,(H,16,17). The summed E-state index contributed by atoms with van der Waals surface area (Å²) in [4.78, 5) is 26.9. The molecule has 1 N–H and O–H groups in total. The second-order valence-corrected chi connectivity index (χ2v) is 6.56. The molecule has 1 fully saturated rings. The van der Waals surface area contributed by atoms with Gasteiger partial charge < -0.3 is 14.9 Å². The van der Waals surface area contributed by atoms with Crippen LogP contribution in [0.2, 0.25) is 0 Å². The molecule has 0 aromatic carbocycles. The second-order valence-electron chi connectivity index (χ2n) is 5.07. The number of nitrogens with zero attached hydrogens (tertiary/aromatic N) is 2. The summed E-state index contributed by atoms with van der Waals surface area (Å²) >= 11 is 1.88. The molecule has 0 radical (unpaired) electrons. The molecule has 3 atom stereocenters. The smallest absolute Gasteiger partial charge is 0.320 e. The average molecular weight is 288 g/mol. The van der Waals surface area contributed by atoms with Crippen LogP contribution >= 0.6 is 11.8 Å². The lowest BCUT2D eigenvalue weighted by molar-refractivity contribution is -0.141. The SMILES string of the molecule is CCN(CC(C)C(=O)O)C(=O)N1CCSC(C)C1C. The molecule has 0 aromatic heterocycles. The minimum Gasteiger partial charge on any atom is -0.481 e. The van der Waals surface area contributed by atoms with Gasteiger partial charge in [0.25, 0.3) is 0 Å². The van der Waals surface area contributed by atoms with Crippen LogP contribution in [0.1, 0.15) is 27.7 Å². The number of carboxylic acids is 1. The van der Waals surface area contributed by atoms with E-state index in [1.165, 1.54) is 0 Å². The van der Waals surface area contributed by atoms with E-state index in [1.807, 2.05) is 23.6 Å². The van der Waals surface area contributed by atoms with Crippen molar-refractivity contribution in [2.45, 2.75) is 39.0 Å². The van der Waals surface area contributed by atoms with Crippen molar-refractivity contribution in [2.75, 3.05) is 25.4 Å². The summed E-state index contributed by atoms with van der Waals surface area (Å²) in [5.74, 6) is -0.443. The molecule has 1 rings (SSSR count). The monoisotopic (exact) mass is 288 g/mol. The number of carboxylic acid groups (broad SMARTS) is 1. The molecule has 2 amide bonds. The summed E-state index contributed by atoms with van der Waals surface area (Å²) in [6.45, 7) is 9.27. The van der Waals surface area contributed by atoms with E-state index < -0.39 is 11.9 Å².